The number of phenolic OH excluding ortho intramolecular Hbond substituents is 1. The molecule has 4 nitrogen and oxygen atoms in total. The number of phenols is 1. The molecule has 0 saturated carbocycles. The van der Waals surface area contributed by atoms with Crippen LogP contribution in [0.15, 0.2) is 49.2 Å². The zero-order valence-electron chi connectivity index (χ0n) is 12.7. The van der Waals surface area contributed by atoms with Crippen LogP contribution in [0.5, 0.6) is 11.5 Å². The van der Waals surface area contributed by atoms with Crippen LogP contribution in [-0.4, -0.2) is 39.0 Å². The molecule has 0 spiro atoms. The first-order valence-corrected chi connectivity index (χ1v) is 8.03. The number of ether oxygens (including phenoxy) is 1. The summed E-state index contributed by atoms with van der Waals surface area (Å²) in [5, 5.41) is 10.9. The van der Waals surface area contributed by atoms with Crippen LogP contribution in [0.1, 0.15) is 5.56 Å². The molecule has 2 aliphatic rings. The average Bonchev–Trinajstić information content (AvgIpc) is 2.53. The molecule has 2 aromatic rings. The quantitative estimate of drug-likeness (QED) is 0.447. The van der Waals surface area contributed by atoms with Gasteiger partial charge in [-0.05, 0) is 11.1 Å². The van der Waals surface area contributed by atoms with Crippen LogP contribution < -0.4 is 9.35 Å². The summed E-state index contributed by atoms with van der Waals surface area (Å²) in [4.78, 5) is 8.43. The molecule has 1 heterocycles. The minimum absolute atomic E-state index is 0.127. The standard InChI is InChI=1S/C12H11AsN2O2.C6H4/c1-3-4-7-8-6-14-12(13)15-9(8)5-10(17-2)11(7)16;1-2-6-4-3-5(1)6/h3,5-6,16H,1,4H2,2H3;1-4H. The maximum absolute atomic E-state index is 10.1. The topological polar surface area (TPSA) is 55.2 Å². The first-order chi connectivity index (χ1) is 11.1. The molecule has 0 aliphatic heterocycles. The third kappa shape index (κ3) is 2.95. The molecule has 0 amide bonds. The molecule has 2 aliphatic carbocycles. The van der Waals surface area contributed by atoms with E-state index >= 15 is 0 Å². The van der Waals surface area contributed by atoms with Crippen molar-refractivity contribution in [2.24, 2.45) is 0 Å². The van der Waals surface area contributed by atoms with Crippen molar-refractivity contribution >= 4 is 32.4 Å². The van der Waals surface area contributed by atoms with E-state index in [0.29, 0.717) is 16.8 Å². The van der Waals surface area contributed by atoms with Gasteiger partial charge in [0.05, 0.1) is 0 Å². The van der Waals surface area contributed by atoms with Crippen molar-refractivity contribution in [2.45, 2.75) is 6.42 Å². The van der Waals surface area contributed by atoms with Crippen LogP contribution in [0.3, 0.4) is 0 Å². The Labute approximate surface area is 143 Å². The number of hydrogen-bond acceptors (Lipinski definition) is 4. The number of methoxy groups -OCH3 is 1. The maximum Gasteiger partial charge on any atom is -0.0184 e. The van der Waals surface area contributed by atoms with Crippen LogP contribution in [-0.2, 0) is 6.42 Å². The van der Waals surface area contributed by atoms with Crippen molar-refractivity contribution in [1.82, 2.24) is 9.97 Å². The van der Waals surface area contributed by atoms with Crippen LogP contribution >= 0.6 is 0 Å². The Morgan fingerprint density at radius 3 is 2.39 bits per heavy atom. The molecule has 1 aromatic carbocycles. The molecule has 2 radical (unpaired) electrons. The molecular weight excluding hydrogens is 351 g/mol. The zero-order chi connectivity index (χ0) is 16.4. The van der Waals surface area contributed by atoms with E-state index in [0.717, 1.165) is 16.5 Å². The molecule has 23 heavy (non-hydrogen) atoms. The Hall–Kier alpha value is -2.32. The van der Waals surface area contributed by atoms with Crippen LogP contribution in [0, 0.1) is 0 Å². The van der Waals surface area contributed by atoms with Gasteiger partial charge in [-0.3, -0.25) is 0 Å². The van der Waals surface area contributed by atoms with E-state index in [9.17, 15) is 5.11 Å². The van der Waals surface area contributed by atoms with Crippen LogP contribution in [0.2, 0.25) is 0 Å². The predicted molar refractivity (Wildman–Crippen MR) is 92.5 cm³/mol. The Morgan fingerprint density at radius 1 is 1.26 bits per heavy atom. The third-order valence-corrected chi connectivity index (χ3v) is 4.16. The smallest absolute Gasteiger partial charge is 0.0184 e. The van der Waals surface area contributed by atoms with Gasteiger partial charge in [0, 0.05) is 0 Å². The van der Waals surface area contributed by atoms with Gasteiger partial charge in [-0.2, -0.15) is 0 Å². The fourth-order valence-electron chi connectivity index (χ4n) is 2.37. The van der Waals surface area contributed by atoms with Crippen LogP contribution in [0.4, 0.5) is 0 Å². The number of allylic oxidation sites excluding steroid dienone is 1. The predicted octanol–water partition coefficient (Wildman–Crippen LogP) is 2.53. The van der Waals surface area contributed by atoms with Gasteiger partial charge in [0.2, 0.25) is 0 Å². The molecule has 1 N–H and O–H groups in total. The summed E-state index contributed by atoms with van der Waals surface area (Å²) in [6, 6.07) is 10.2. The fraction of sp³-hybridized carbons (Fsp3) is 0.111. The van der Waals surface area contributed by atoms with Gasteiger partial charge in [0.25, 0.3) is 0 Å². The first-order valence-electron chi connectivity index (χ1n) is 7.10. The van der Waals surface area contributed by atoms with E-state index in [1.165, 1.54) is 18.2 Å². The molecular formula is C18H15AsN2O2. The molecule has 114 valence electrons. The van der Waals surface area contributed by atoms with Crippen molar-refractivity contribution in [3.8, 4) is 22.6 Å². The average molecular weight is 366 g/mol. The Bertz CT molecular complexity index is 855. The van der Waals surface area contributed by atoms with Gasteiger partial charge >= 0.3 is 108 Å². The SMILES string of the molecule is C=CCc1c(O)c(OC)cc2nc([As])ncc12.c1cc2ccc1-2. The summed E-state index contributed by atoms with van der Waals surface area (Å²) < 4.78 is 5.76. The summed E-state index contributed by atoms with van der Waals surface area (Å²) in [5.74, 6) is 0.543. The van der Waals surface area contributed by atoms with Crippen molar-refractivity contribution in [1.29, 1.82) is 0 Å². The van der Waals surface area contributed by atoms with Gasteiger partial charge in [-0.15, -0.1) is 0 Å². The van der Waals surface area contributed by atoms with E-state index in [-0.39, 0.29) is 5.75 Å². The molecule has 4 rings (SSSR count). The first kappa shape index (κ1) is 15.6. The summed E-state index contributed by atoms with van der Waals surface area (Å²) >= 11 is 2.29. The van der Waals surface area contributed by atoms with Gasteiger partial charge in [-0.25, -0.2) is 0 Å². The number of aromatic hydroxyl groups is 1. The number of rotatable bonds is 3. The Morgan fingerprint density at radius 2 is 1.91 bits per heavy atom. The van der Waals surface area contributed by atoms with E-state index in [2.05, 4.69) is 57.7 Å². The molecule has 0 atom stereocenters. The largest absolute Gasteiger partial charge is 0.0538 e. The van der Waals surface area contributed by atoms with Gasteiger partial charge in [0.15, 0.2) is 0 Å². The second kappa shape index (κ2) is 6.43. The Kier molecular flexibility index (Phi) is 4.35. The minimum Gasteiger partial charge on any atom is -0.0538 e. The third-order valence-electron chi connectivity index (χ3n) is 3.70. The van der Waals surface area contributed by atoms with Crippen molar-refractivity contribution < 1.29 is 9.84 Å². The summed E-state index contributed by atoms with van der Waals surface area (Å²) in [5.41, 5.74) is 4.34. The van der Waals surface area contributed by atoms with Gasteiger partial charge in [-0.1, -0.05) is 24.3 Å². The van der Waals surface area contributed by atoms with E-state index < -0.39 is 0 Å². The fourth-order valence-corrected chi connectivity index (χ4v) is 2.71. The maximum atomic E-state index is 10.1. The molecule has 1 aromatic heterocycles. The summed E-state index contributed by atoms with van der Waals surface area (Å²) in [6.45, 7) is 3.68. The summed E-state index contributed by atoms with van der Waals surface area (Å²) in [6.07, 6.45) is 3.97. The monoisotopic (exact) mass is 366 g/mol. The van der Waals surface area contributed by atoms with E-state index in [1.807, 2.05) is 0 Å². The summed E-state index contributed by atoms with van der Waals surface area (Å²) in [7, 11) is 1.52. The normalized spacial score (nSPS) is 10.7. The van der Waals surface area contributed by atoms with Crippen molar-refractivity contribution in [3.63, 3.8) is 0 Å². The minimum atomic E-state index is 0.127. The number of nitrogens with zero attached hydrogens (tertiary/aromatic N) is 2. The number of hydrogen-bond donors (Lipinski definition) is 1. The number of aromatic nitrogens is 2. The molecule has 0 bridgehead atoms. The molecule has 5 heteroatoms. The molecule has 0 fully saturated rings. The van der Waals surface area contributed by atoms with E-state index in [1.54, 1.807) is 18.3 Å². The van der Waals surface area contributed by atoms with Gasteiger partial charge in [0.1, 0.15) is 0 Å². The van der Waals surface area contributed by atoms with E-state index in [4.69, 9.17) is 4.74 Å². The second-order valence-corrected chi connectivity index (χ2v) is 5.92. The second-order valence-electron chi connectivity index (χ2n) is 5.08. The van der Waals surface area contributed by atoms with Crippen molar-refractivity contribution in [3.05, 3.63) is 54.7 Å². The molecule has 0 saturated heterocycles. The Balaban J connectivity index is 0.000000213. The van der Waals surface area contributed by atoms with Gasteiger partial charge < -0.3 is 0 Å². The van der Waals surface area contributed by atoms with Crippen LogP contribution in [0.25, 0.3) is 22.0 Å². The number of fused-ring (bicyclic) bond motifs is 2. The number of benzene rings is 2. The molecule has 0 unspecified atom stereocenters. The van der Waals surface area contributed by atoms with Crippen molar-refractivity contribution in [2.75, 3.05) is 7.11 Å². The zero-order valence-corrected chi connectivity index (χ0v) is 14.5.